The summed E-state index contributed by atoms with van der Waals surface area (Å²) in [5, 5.41) is 0. The molecule has 4 N–H and O–H groups in total. The second kappa shape index (κ2) is 9.25. The molecule has 2 aromatic rings. The molecule has 0 saturated heterocycles. The molecule has 0 heterocycles. The lowest BCUT2D eigenvalue weighted by molar-refractivity contribution is 0.296. The average Bonchev–Trinajstić information content (AvgIpc) is 3.04. The number of fused-ring (bicyclic) bond motifs is 3. The Kier molecular flexibility index (Phi) is 6.75. The quantitative estimate of drug-likeness (QED) is 0.561. The molecule has 2 atom stereocenters. The first-order chi connectivity index (χ1) is 13.1. The summed E-state index contributed by atoms with van der Waals surface area (Å²) in [5.74, 6) is 1.85. The minimum atomic E-state index is 0.217. The molecular formula is C23H32N2O2. The highest BCUT2D eigenvalue weighted by Crippen LogP contribution is 2.39. The molecule has 0 spiro atoms. The fraction of sp³-hybridized carbons (Fsp3) is 0.478. The first kappa shape index (κ1) is 19.7. The van der Waals surface area contributed by atoms with Gasteiger partial charge in [0, 0.05) is 12.1 Å². The molecule has 0 aromatic heterocycles. The Labute approximate surface area is 162 Å². The molecule has 2 unspecified atom stereocenters. The molecule has 4 heteroatoms. The number of nitrogens with two attached hydrogens (primary N) is 2. The first-order valence-corrected chi connectivity index (χ1v) is 10.1. The average molecular weight is 369 g/mol. The zero-order valence-electron chi connectivity index (χ0n) is 16.5. The highest BCUT2D eigenvalue weighted by molar-refractivity contribution is 5.78. The van der Waals surface area contributed by atoms with Crippen LogP contribution in [0.2, 0.25) is 0 Å². The molecule has 3 rings (SSSR count). The van der Waals surface area contributed by atoms with E-state index in [9.17, 15) is 0 Å². The molecule has 27 heavy (non-hydrogen) atoms. The number of benzene rings is 2. The van der Waals surface area contributed by atoms with Crippen molar-refractivity contribution in [2.45, 2.75) is 58.0 Å². The lowest BCUT2D eigenvalue weighted by Crippen LogP contribution is -2.21. The molecule has 1 aliphatic rings. The topological polar surface area (TPSA) is 70.5 Å². The van der Waals surface area contributed by atoms with Gasteiger partial charge >= 0.3 is 0 Å². The maximum absolute atomic E-state index is 5.96. The van der Waals surface area contributed by atoms with Crippen LogP contribution in [0.25, 0.3) is 11.1 Å². The van der Waals surface area contributed by atoms with Gasteiger partial charge in [0.25, 0.3) is 0 Å². The molecule has 0 fully saturated rings. The number of hydrogen-bond acceptors (Lipinski definition) is 4. The van der Waals surface area contributed by atoms with Crippen molar-refractivity contribution in [2.24, 2.45) is 11.5 Å². The Morgan fingerprint density at radius 2 is 1.22 bits per heavy atom. The molecular weight excluding hydrogens is 336 g/mol. The van der Waals surface area contributed by atoms with Gasteiger partial charge in [0.2, 0.25) is 0 Å². The highest BCUT2D eigenvalue weighted by atomic mass is 16.5. The van der Waals surface area contributed by atoms with Crippen molar-refractivity contribution in [3.8, 4) is 22.6 Å². The fourth-order valence-corrected chi connectivity index (χ4v) is 3.41. The lowest BCUT2D eigenvalue weighted by Gasteiger charge is -2.11. The van der Waals surface area contributed by atoms with E-state index in [-0.39, 0.29) is 12.1 Å². The van der Waals surface area contributed by atoms with Gasteiger partial charge in [0.15, 0.2) is 0 Å². The minimum Gasteiger partial charge on any atom is -0.494 e. The van der Waals surface area contributed by atoms with Gasteiger partial charge in [-0.05, 0) is 78.6 Å². The van der Waals surface area contributed by atoms with Gasteiger partial charge in [0.05, 0.1) is 13.2 Å². The van der Waals surface area contributed by atoms with E-state index in [1.54, 1.807) is 0 Å². The van der Waals surface area contributed by atoms with Crippen molar-refractivity contribution in [1.82, 2.24) is 0 Å². The van der Waals surface area contributed by atoms with E-state index in [1.807, 2.05) is 0 Å². The van der Waals surface area contributed by atoms with E-state index in [4.69, 9.17) is 20.9 Å². The van der Waals surface area contributed by atoms with Crippen LogP contribution in [0.4, 0.5) is 0 Å². The SMILES string of the molecule is CCC(N)CCOc1ccc2c(c1)Cc1cc(OCCC(N)CC)ccc1-2. The molecule has 0 radical (unpaired) electrons. The lowest BCUT2D eigenvalue weighted by atomic mass is 10.1. The van der Waals surface area contributed by atoms with Gasteiger partial charge in [-0.1, -0.05) is 26.0 Å². The molecule has 2 aromatic carbocycles. The van der Waals surface area contributed by atoms with Crippen LogP contribution in [-0.2, 0) is 6.42 Å². The summed E-state index contributed by atoms with van der Waals surface area (Å²) in [6, 6.07) is 13.2. The summed E-state index contributed by atoms with van der Waals surface area (Å²) < 4.78 is 11.8. The van der Waals surface area contributed by atoms with Crippen molar-refractivity contribution in [2.75, 3.05) is 13.2 Å². The van der Waals surface area contributed by atoms with Crippen LogP contribution in [-0.4, -0.2) is 25.3 Å². The van der Waals surface area contributed by atoms with Gasteiger partial charge in [-0.15, -0.1) is 0 Å². The van der Waals surface area contributed by atoms with Crippen LogP contribution in [0.15, 0.2) is 36.4 Å². The normalized spacial score (nSPS) is 14.4. The Morgan fingerprint density at radius 1 is 0.778 bits per heavy atom. The molecule has 0 saturated carbocycles. The molecule has 1 aliphatic carbocycles. The Morgan fingerprint density at radius 3 is 1.63 bits per heavy atom. The summed E-state index contributed by atoms with van der Waals surface area (Å²) in [6.45, 7) is 5.54. The van der Waals surface area contributed by atoms with E-state index in [0.717, 1.165) is 43.6 Å². The minimum absolute atomic E-state index is 0.217. The van der Waals surface area contributed by atoms with Crippen LogP contribution in [0.5, 0.6) is 11.5 Å². The predicted octanol–water partition coefficient (Wildman–Crippen LogP) is 4.27. The zero-order valence-corrected chi connectivity index (χ0v) is 16.5. The van der Waals surface area contributed by atoms with Crippen LogP contribution >= 0.6 is 0 Å². The van der Waals surface area contributed by atoms with Crippen molar-refractivity contribution in [3.05, 3.63) is 47.5 Å². The third-order valence-electron chi connectivity index (χ3n) is 5.39. The third-order valence-corrected chi connectivity index (χ3v) is 5.39. The smallest absolute Gasteiger partial charge is 0.119 e. The predicted molar refractivity (Wildman–Crippen MR) is 111 cm³/mol. The van der Waals surface area contributed by atoms with Gasteiger partial charge in [-0.25, -0.2) is 0 Å². The summed E-state index contributed by atoms with van der Waals surface area (Å²) in [5.41, 5.74) is 17.1. The second-order valence-corrected chi connectivity index (χ2v) is 7.43. The second-order valence-electron chi connectivity index (χ2n) is 7.43. The molecule has 146 valence electrons. The molecule has 0 aliphatic heterocycles. The van der Waals surface area contributed by atoms with Crippen molar-refractivity contribution in [1.29, 1.82) is 0 Å². The summed E-state index contributed by atoms with van der Waals surface area (Å²) >= 11 is 0. The highest BCUT2D eigenvalue weighted by Gasteiger charge is 2.19. The third kappa shape index (κ3) is 5.02. The van der Waals surface area contributed by atoms with Gasteiger partial charge in [-0.2, -0.15) is 0 Å². The summed E-state index contributed by atoms with van der Waals surface area (Å²) in [6.07, 6.45) is 4.66. The van der Waals surface area contributed by atoms with Crippen LogP contribution in [0, 0.1) is 0 Å². The number of rotatable bonds is 10. The standard InChI is InChI=1S/C23H32N2O2/c1-3-18(24)9-11-26-20-5-7-22-16(14-20)13-17-15-21(6-8-23(17)22)27-12-10-19(25)4-2/h5-8,14-15,18-19H,3-4,9-13,24-25H2,1-2H3. The maximum Gasteiger partial charge on any atom is 0.119 e. The summed E-state index contributed by atoms with van der Waals surface area (Å²) in [4.78, 5) is 0. The van der Waals surface area contributed by atoms with Gasteiger partial charge < -0.3 is 20.9 Å². The van der Waals surface area contributed by atoms with Crippen LogP contribution in [0.3, 0.4) is 0 Å². The van der Waals surface area contributed by atoms with E-state index in [2.05, 4.69) is 50.2 Å². The molecule has 4 nitrogen and oxygen atoms in total. The van der Waals surface area contributed by atoms with Crippen molar-refractivity contribution in [3.63, 3.8) is 0 Å². The number of hydrogen-bond donors (Lipinski definition) is 2. The van der Waals surface area contributed by atoms with E-state index >= 15 is 0 Å². The Bertz CT molecular complexity index is 697. The number of ether oxygens (including phenoxy) is 2. The van der Waals surface area contributed by atoms with Crippen molar-refractivity contribution >= 4 is 0 Å². The monoisotopic (exact) mass is 368 g/mol. The van der Waals surface area contributed by atoms with Crippen LogP contribution in [0.1, 0.15) is 50.7 Å². The molecule has 0 bridgehead atoms. The van der Waals surface area contributed by atoms with E-state index < -0.39 is 0 Å². The van der Waals surface area contributed by atoms with E-state index in [0.29, 0.717) is 13.2 Å². The zero-order chi connectivity index (χ0) is 19.2. The maximum atomic E-state index is 5.96. The Balaban J connectivity index is 1.61. The van der Waals surface area contributed by atoms with Crippen LogP contribution < -0.4 is 20.9 Å². The van der Waals surface area contributed by atoms with E-state index in [1.165, 1.54) is 22.3 Å². The largest absolute Gasteiger partial charge is 0.494 e. The Hall–Kier alpha value is -2.04. The van der Waals surface area contributed by atoms with Gasteiger partial charge in [-0.3, -0.25) is 0 Å². The molecule has 0 amide bonds. The first-order valence-electron chi connectivity index (χ1n) is 10.1. The van der Waals surface area contributed by atoms with Gasteiger partial charge in [0.1, 0.15) is 11.5 Å². The van der Waals surface area contributed by atoms with Crippen molar-refractivity contribution < 1.29 is 9.47 Å². The fourth-order valence-electron chi connectivity index (χ4n) is 3.41. The summed E-state index contributed by atoms with van der Waals surface area (Å²) in [7, 11) is 0.